The standard InChI is InChI=1S/C12H20O/c1-11(2)7-6-9-12(3)8-4-5-10-13/h4-5,8,10-11H,6-7,9H2,1-3H3/b5-4+,12-8+. The Hall–Kier alpha value is -0.850. The molecule has 74 valence electrons. The summed E-state index contributed by atoms with van der Waals surface area (Å²) in [5, 5.41) is 0. The fourth-order valence-corrected chi connectivity index (χ4v) is 1.14. The molecule has 0 unspecified atom stereocenters. The zero-order valence-corrected chi connectivity index (χ0v) is 8.92. The molecule has 0 aliphatic carbocycles. The van der Waals surface area contributed by atoms with Gasteiger partial charge in [0.05, 0.1) is 0 Å². The molecule has 0 aromatic heterocycles. The smallest absolute Gasteiger partial charge is 0.142 e. The summed E-state index contributed by atoms with van der Waals surface area (Å²) in [5.74, 6) is 0.790. The first-order valence-corrected chi connectivity index (χ1v) is 4.94. The highest BCUT2D eigenvalue weighted by Gasteiger charge is 1.94. The molecule has 1 nitrogen and oxygen atoms in total. The van der Waals surface area contributed by atoms with Gasteiger partial charge in [0.15, 0.2) is 0 Å². The largest absolute Gasteiger partial charge is 0.299 e. The van der Waals surface area contributed by atoms with E-state index in [0.29, 0.717) is 0 Å². The maximum atomic E-state index is 9.97. The molecule has 0 amide bonds. The highest BCUT2D eigenvalue weighted by Crippen LogP contribution is 2.11. The Labute approximate surface area is 81.5 Å². The molecule has 0 saturated carbocycles. The zero-order valence-electron chi connectivity index (χ0n) is 8.92. The summed E-state index contributed by atoms with van der Waals surface area (Å²) in [5.41, 5.74) is 1.35. The van der Waals surface area contributed by atoms with E-state index in [9.17, 15) is 4.79 Å². The van der Waals surface area contributed by atoms with Gasteiger partial charge in [0.25, 0.3) is 0 Å². The number of aldehydes is 1. The van der Waals surface area contributed by atoms with Crippen molar-refractivity contribution >= 4 is 6.29 Å². The number of rotatable bonds is 6. The van der Waals surface area contributed by atoms with Crippen molar-refractivity contribution in [1.82, 2.24) is 0 Å². The van der Waals surface area contributed by atoms with E-state index in [4.69, 9.17) is 0 Å². The maximum Gasteiger partial charge on any atom is 0.142 e. The predicted molar refractivity (Wildman–Crippen MR) is 57.7 cm³/mol. The van der Waals surface area contributed by atoms with Gasteiger partial charge < -0.3 is 0 Å². The fourth-order valence-electron chi connectivity index (χ4n) is 1.14. The van der Waals surface area contributed by atoms with Crippen molar-refractivity contribution in [2.45, 2.75) is 40.0 Å². The van der Waals surface area contributed by atoms with Crippen LogP contribution in [0.2, 0.25) is 0 Å². The zero-order chi connectivity index (χ0) is 10.1. The second-order valence-electron chi connectivity index (χ2n) is 3.82. The van der Waals surface area contributed by atoms with Crippen LogP contribution in [0.25, 0.3) is 0 Å². The van der Waals surface area contributed by atoms with Crippen LogP contribution >= 0.6 is 0 Å². The number of carbonyl (C=O) groups excluding carboxylic acids is 1. The SMILES string of the molecule is C/C(=C\C=C\C=O)CCCC(C)C. The molecule has 0 aliphatic rings. The quantitative estimate of drug-likeness (QED) is 0.347. The van der Waals surface area contributed by atoms with Crippen LogP contribution in [0.15, 0.2) is 23.8 Å². The summed E-state index contributed by atoms with van der Waals surface area (Å²) in [6.07, 6.45) is 9.80. The molecular formula is C12H20O. The van der Waals surface area contributed by atoms with E-state index in [1.165, 1.54) is 24.5 Å². The van der Waals surface area contributed by atoms with E-state index in [1.807, 2.05) is 6.08 Å². The van der Waals surface area contributed by atoms with Crippen molar-refractivity contribution in [2.24, 2.45) is 5.92 Å². The van der Waals surface area contributed by atoms with Gasteiger partial charge in [0.2, 0.25) is 0 Å². The monoisotopic (exact) mass is 180 g/mol. The van der Waals surface area contributed by atoms with Gasteiger partial charge in [-0.1, -0.05) is 38.0 Å². The molecule has 0 atom stereocenters. The molecule has 0 spiro atoms. The third-order valence-corrected chi connectivity index (χ3v) is 1.92. The Morgan fingerprint density at radius 3 is 2.54 bits per heavy atom. The fraction of sp³-hybridized carbons (Fsp3) is 0.583. The average Bonchev–Trinajstić information content (AvgIpc) is 2.04. The molecule has 0 saturated heterocycles. The van der Waals surface area contributed by atoms with E-state index in [2.05, 4.69) is 20.8 Å². The van der Waals surface area contributed by atoms with E-state index in [0.717, 1.165) is 18.6 Å². The molecule has 0 aromatic carbocycles. The van der Waals surface area contributed by atoms with Crippen molar-refractivity contribution < 1.29 is 4.79 Å². The molecule has 0 aliphatic heterocycles. The Kier molecular flexibility index (Phi) is 7.27. The minimum Gasteiger partial charge on any atom is -0.299 e. The first kappa shape index (κ1) is 12.2. The number of hydrogen-bond donors (Lipinski definition) is 0. The van der Waals surface area contributed by atoms with Crippen LogP contribution in [0.4, 0.5) is 0 Å². The van der Waals surface area contributed by atoms with Gasteiger partial charge in [0, 0.05) is 0 Å². The molecular weight excluding hydrogens is 160 g/mol. The van der Waals surface area contributed by atoms with E-state index in [-0.39, 0.29) is 0 Å². The summed E-state index contributed by atoms with van der Waals surface area (Å²) in [6.45, 7) is 6.59. The average molecular weight is 180 g/mol. The van der Waals surface area contributed by atoms with Crippen LogP contribution in [0.3, 0.4) is 0 Å². The first-order valence-electron chi connectivity index (χ1n) is 4.94. The molecule has 0 heterocycles. The van der Waals surface area contributed by atoms with Gasteiger partial charge in [-0.3, -0.25) is 4.79 Å². The maximum absolute atomic E-state index is 9.97. The van der Waals surface area contributed by atoms with Crippen molar-refractivity contribution in [1.29, 1.82) is 0 Å². The van der Waals surface area contributed by atoms with Crippen LogP contribution in [0, 0.1) is 5.92 Å². The second kappa shape index (κ2) is 7.78. The van der Waals surface area contributed by atoms with Gasteiger partial charge in [-0.25, -0.2) is 0 Å². The predicted octanol–water partition coefficient (Wildman–Crippen LogP) is 3.51. The Morgan fingerprint density at radius 2 is 2.00 bits per heavy atom. The normalized spacial score (nSPS) is 12.8. The summed E-state index contributed by atoms with van der Waals surface area (Å²) in [4.78, 5) is 9.97. The van der Waals surface area contributed by atoms with E-state index < -0.39 is 0 Å². The molecule has 0 radical (unpaired) electrons. The van der Waals surface area contributed by atoms with Crippen molar-refractivity contribution in [3.8, 4) is 0 Å². The van der Waals surface area contributed by atoms with E-state index >= 15 is 0 Å². The molecule has 0 bridgehead atoms. The van der Waals surface area contributed by atoms with Crippen molar-refractivity contribution in [3.63, 3.8) is 0 Å². The lowest BCUT2D eigenvalue weighted by Crippen LogP contribution is -1.87. The van der Waals surface area contributed by atoms with Gasteiger partial charge >= 0.3 is 0 Å². The van der Waals surface area contributed by atoms with Gasteiger partial charge in [-0.05, 0) is 31.8 Å². The van der Waals surface area contributed by atoms with Gasteiger partial charge in [-0.2, -0.15) is 0 Å². The molecule has 1 heteroatoms. The van der Waals surface area contributed by atoms with E-state index in [1.54, 1.807) is 6.08 Å². The van der Waals surface area contributed by atoms with Gasteiger partial charge in [-0.15, -0.1) is 0 Å². The highest BCUT2D eigenvalue weighted by molar-refractivity contribution is 5.65. The molecule has 13 heavy (non-hydrogen) atoms. The molecule has 0 fully saturated rings. The number of hydrogen-bond acceptors (Lipinski definition) is 1. The minimum absolute atomic E-state index is 0.790. The molecule has 0 aromatic rings. The summed E-state index contributed by atoms with van der Waals surface area (Å²) in [7, 11) is 0. The van der Waals surface area contributed by atoms with Crippen LogP contribution in [-0.2, 0) is 4.79 Å². The summed E-state index contributed by atoms with van der Waals surface area (Å²) in [6, 6.07) is 0. The van der Waals surface area contributed by atoms with Crippen LogP contribution in [0.1, 0.15) is 40.0 Å². The van der Waals surface area contributed by atoms with Crippen LogP contribution in [0.5, 0.6) is 0 Å². The number of allylic oxidation sites excluding steroid dienone is 4. The van der Waals surface area contributed by atoms with Crippen LogP contribution in [-0.4, -0.2) is 6.29 Å². The Balaban J connectivity index is 3.60. The van der Waals surface area contributed by atoms with Crippen molar-refractivity contribution in [2.75, 3.05) is 0 Å². The van der Waals surface area contributed by atoms with Crippen LogP contribution < -0.4 is 0 Å². The third kappa shape index (κ3) is 9.06. The lowest BCUT2D eigenvalue weighted by Gasteiger charge is -2.03. The minimum atomic E-state index is 0.790. The van der Waals surface area contributed by atoms with Gasteiger partial charge in [0.1, 0.15) is 6.29 Å². The Morgan fingerprint density at radius 1 is 1.31 bits per heavy atom. The lowest BCUT2D eigenvalue weighted by molar-refractivity contribution is -0.104. The van der Waals surface area contributed by atoms with Crippen molar-refractivity contribution in [3.05, 3.63) is 23.8 Å². The molecule has 0 N–H and O–H groups in total. The highest BCUT2D eigenvalue weighted by atomic mass is 16.1. The second-order valence-corrected chi connectivity index (χ2v) is 3.82. The third-order valence-electron chi connectivity index (χ3n) is 1.92. The topological polar surface area (TPSA) is 17.1 Å². The first-order chi connectivity index (χ1) is 6.16. The summed E-state index contributed by atoms with van der Waals surface area (Å²) >= 11 is 0. The Bertz CT molecular complexity index is 187. The number of carbonyl (C=O) groups is 1. The molecule has 0 rings (SSSR count). The lowest BCUT2D eigenvalue weighted by atomic mass is 10.0. The summed E-state index contributed by atoms with van der Waals surface area (Å²) < 4.78 is 0.